The molecule has 8 nitrogen and oxygen atoms in total. The number of nitrogens with one attached hydrogen (secondary N) is 1. The number of benzene rings is 1. The summed E-state index contributed by atoms with van der Waals surface area (Å²) in [6, 6.07) is 4.91. The molecule has 1 heterocycles. The van der Waals surface area contributed by atoms with E-state index in [1.54, 1.807) is 18.2 Å². The van der Waals surface area contributed by atoms with Crippen LogP contribution in [0.3, 0.4) is 0 Å². The van der Waals surface area contributed by atoms with Crippen molar-refractivity contribution in [2.75, 3.05) is 13.7 Å². The SMILES string of the molecule is CCC(CC)NC(=O)COn1nnc2ccc(C(=O)OC)cc21. The fourth-order valence-corrected chi connectivity index (χ4v) is 2.12. The molecule has 124 valence electrons. The molecule has 23 heavy (non-hydrogen) atoms. The Balaban J connectivity index is 2.08. The maximum Gasteiger partial charge on any atom is 0.337 e. The molecule has 1 aromatic carbocycles. The normalized spacial score (nSPS) is 10.8. The Kier molecular flexibility index (Phi) is 5.51. The van der Waals surface area contributed by atoms with Crippen LogP contribution in [-0.2, 0) is 9.53 Å². The van der Waals surface area contributed by atoms with E-state index in [9.17, 15) is 9.59 Å². The van der Waals surface area contributed by atoms with Crippen molar-refractivity contribution in [1.82, 2.24) is 20.5 Å². The van der Waals surface area contributed by atoms with Crippen LogP contribution in [0.5, 0.6) is 0 Å². The quantitative estimate of drug-likeness (QED) is 0.763. The second-order valence-electron chi connectivity index (χ2n) is 5.01. The Morgan fingerprint density at radius 3 is 2.70 bits per heavy atom. The number of methoxy groups -OCH3 is 1. The zero-order valence-corrected chi connectivity index (χ0v) is 13.4. The molecule has 0 unspecified atom stereocenters. The molecule has 0 spiro atoms. The number of amides is 1. The van der Waals surface area contributed by atoms with Gasteiger partial charge in [0.2, 0.25) is 0 Å². The van der Waals surface area contributed by atoms with Crippen LogP contribution in [0.25, 0.3) is 11.0 Å². The molecule has 2 rings (SSSR count). The first kappa shape index (κ1) is 16.7. The van der Waals surface area contributed by atoms with Gasteiger partial charge in [-0.1, -0.05) is 18.7 Å². The summed E-state index contributed by atoms with van der Waals surface area (Å²) in [5.41, 5.74) is 1.40. The molecule has 2 aromatic rings. The van der Waals surface area contributed by atoms with Crippen molar-refractivity contribution < 1.29 is 19.2 Å². The molecular weight excluding hydrogens is 300 g/mol. The van der Waals surface area contributed by atoms with Crippen molar-refractivity contribution in [2.45, 2.75) is 32.7 Å². The Hall–Kier alpha value is -2.64. The Bertz CT molecular complexity index is 694. The third kappa shape index (κ3) is 3.97. The number of hydrogen-bond donors (Lipinski definition) is 1. The smallest absolute Gasteiger partial charge is 0.337 e. The number of ether oxygens (including phenoxy) is 1. The zero-order valence-electron chi connectivity index (χ0n) is 13.4. The lowest BCUT2D eigenvalue weighted by Gasteiger charge is -2.14. The van der Waals surface area contributed by atoms with Gasteiger partial charge in [-0.2, -0.15) is 0 Å². The first-order chi connectivity index (χ1) is 11.1. The topological polar surface area (TPSA) is 95.3 Å². The first-order valence-electron chi connectivity index (χ1n) is 7.45. The van der Waals surface area contributed by atoms with Gasteiger partial charge in [0.05, 0.1) is 12.7 Å². The first-order valence-corrected chi connectivity index (χ1v) is 7.45. The summed E-state index contributed by atoms with van der Waals surface area (Å²) in [6.07, 6.45) is 1.72. The van der Waals surface area contributed by atoms with Gasteiger partial charge in [0.1, 0.15) is 11.0 Å². The molecule has 0 aliphatic rings. The average molecular weight is 320 g/mol. The van der Waals surface area contributed by atoms with E-state index in [2.05, 4.69) is 20.4 Å². The monoisotopic (exact) mass is 320 g/mol. The predicted octanol–water partition coefficient (Wildman–Crippen LogP) is 0.951. The van der Waals surface area contributed by atoms with Crippen LogP contribution in [0.2, 0.25) is 0 Å². The molecule has 1 aromatic heterocycles. The number of carbonyl (C=O) groups is 2. The molecular formula is C15H20N4O4. The highest BCUT2D eigenvalue weighted by Gasteiger charge is 2.13. The molecule has 1 amide bonds. The molecule has 0 radical (unpaired) electrons. The summed E-state index contributed by atoms with van der Waals surface area (Å²) in [6.45, 7) is 3.83. The van der Waals surface area contributed by atoms with Gasteiger partial charge >= 0.3 is 5.97 Å². The molecule has 0 saturated carbocycles. The lowest BCUT2D eigenvalue weighted by Crippen LogP contribution is -2.38. The minimum absolute atomic E-state index is 0.129. The van der Waals surface area contributed by atoms with E-state index in [4.69, 9.17) is 4.84 Å². The molecule has 0 aliphatic heterocycles. The third-order valence-corrected chi connectivity index (χ3v) is 3.50. The lowest BCUT2D eigenvalue weighted by atomic mass is 10.2. The van der Waals surface area contributed by atoms with Gasteiger partial charge in [-0.25, -0.2) is 4.79 Å². The Labute approximate surface area is 133 Å². The van der Waals surface area contributed by atoms with Crippen LogP contribution < -0.4 is 10.2 Å². The van der Waals surface area contributed by atoms with Gasteiger partial charge in [0.25, 0.3) is 5.91 Å². The standard InChI is InChI=1S/C15H20N4O4/c1-4-11(5-2)16-14(20)9-23-19-13-8-10(15(21)22-3)6-7-12(13)17-18-19/h6-8,11H,4-5,9H2,1-3H3,(H,16,20). The van der Waals surface area contributed by atoms with E-state index in [1.165, 1.54) is 7.11 Å². The number of carbonyl (C=O) groups excluding carboxylic acids is 2. The minimum atomic E-state index is -0.467. The van der Waals surface area contributed by atoms with Gasteiger partial charge < -0.3 is 14.9 Å². The number of aromatic nitrogens is 3. The van der Waals surface area contributed by atoms with Gasteiger partial charge in [-0.05, 0) is 36.3 Å². The van der Waals surface area contributed by atoms with E-state index >= 15 is 0 Å². The molecule has 8 heteroatoms. The van der Waals surface area contributed by atoms with E-state index in [0.29, 0.717) is 16.6 Å². The van der Waals surface area contributed by atoms with Gasteiger partial charge in [-0.15, -0.1) is 5.10 Å². The maximum atomic E-state index is 11.9. The van der Waals surface area contributed by atoms with Crippen molar-refractivity contribution in [3.05, 3.63) is 23.8 Å². The van der Waals surface area contributed by atoms with Gasteiger partial charge in [0.15, 0.2) is 6.61 Å². The third-order valence-electron chi connectivity index (χ3n) is 3.50. The molecule has 1 N–H and O–H groups in total. The highest BCUT2D eigenvalue weighted by Crippen LogP contribution is 2.13. The van der Waals surface area contributed by atoms with E-state index < -0.39 is 5.97 Å². The highest BCUT2D eigenvalue weighted by molar-refractivity contribution is 5.93. The van der Waals surface area contributed by atoms with Gasteiger partial charge in [-0.3, -0.25) is 4.79 Å². The van der Waals surface area contributed by atoms with E-state index in [-0.39, 0.29) is 18.6 Å². The van der Waals surface area contributed by atoms with Crippen molar-refractivity contribution in [3.8, 4) is 0 Å². The number of esters is 1. The fourth-order valence-electron chi connectivity index (χ4n) is 2.12. The largest absolute Gasteiger partial charge is 0.465 e. The molecule has 0 aliphatic carbocycles. The minimum Gasteiger partial charge on any atom is -0.465 e. The lowest BCUT2D eigenvalue weighted by molar-refractivity contribution is -0.127. The summed E-state index contributed by atoms with van der Waals surface area (Å²) in [5.74, 6) is -0.697. The molecule has 0 fully saturated rings. The summed E-state index contributed by atoms with van der Waals surface area (Å²) >= 11 is 0. The summed E-state index contributed by atoms with van der Waals surface area (Å²) in [4.78, 5) is 29.9. The predicted molar refractivity (Wildman–Crippen MR) is 82.8 cm³/mol. The molecule has 0 saturated heterocycles. The van der Waals surface area contributed by atoms with E-state index in [1.807, 2.05) is 13.8 Å². The van der Waals surface area contributed by atoms with Crippen molar-refractivity contribution >= 4 is 22.9 Å². The maximum absolute atomic E-state index is 11.9. The van der Waals surface area contributed by atoms with Crippen LogP contribution in [0.15, 0.2) is 18.2 Å². The zero-order chi connectivity index (χ0) is 16.8. The van der Waals surface area contributed by atoms with Crippen LogP contribution >= 0.6 is 0 Å². The molecule has 0 atom stereocenters. The molecule has 0 bridgehead atoms. The van der Waals surface area contributed by atoms with Crippen LogP contribution in [0, 0.1) is 0 Å². The van der Waals surface area contributed by atoms with Crippen molar-refractivity contribution in [3.63, 3.8) is 0 Å². The van der Waals surface area contributed by atoms with E-state index in [0.717, 1.165) is 17.7 Å². The summed E-state index contributed by atoms with van der Waals surface area (Å²) in [7, 11) is 1.31. The second kappa shape index (κ2) is 7.57. The van der Waals surface area contributed by atoms with Crippen LogP contribution in [0.4, 0.5) is 0 Å². The van der Waals surface area contributed by atoms with Crippen molar-refractivity contribution in [2.24, 2.45) is 0 Å². The Morgan fingerprint density at radius 2 is 2.04 bits per heavy atom. The average Bonchev–Trinajstić information content (AvgIpc) is 2.99. The van der Waals surface area contributed by atoms with Crippen LogP contribution in [0.1, 0.15) is 37.0 Å². The summed E-state index contributed by atoms with van der Waals surface area (Å²) in [5, 5.41) is 10.6. The number of fused-ring (bicyclic) bond motifs is 1. The van der Waals surface area contributed by atoms with Crippen LogP contribution in [-0.4, -0.2) is 46.8 Å². The van der Waals surface area contributed by atoms with Gasteiger partial charge in [0, 0.05) is 6.04 Å². The van der Waals surface area contributed by atoms with Crippen molar-refractivity contribution in [1.29, 1.82) is 0 Å². The number of nitrogens with zero attached hydrogens (tertiary/aromatic N) is 3. The fraction of sp³-hybridized carbons (Fsp3) is 0.467. The summed E-state index contributed by atoms with van der Waals surface area (Å²) < 4.78 is 4.67. The highest BCUT2D eigenvalue weighted by atomic mass is 16.7. The number of rotatable bonds is 7. The Morgan fingerprint density at radius 1 is 1.30 bits per heavy atom. The number of hydrogen-bond acceptors (Lipinski definition) is 6. The second-order valence-corrected chi connectivity index (χ2v) is 5.01.